The van der Waals surface area contributed by atoms with E-state index in [4.69, 9.17) is 5.11 Å². The number of rotatable bonds is 7. The molecule has 0 fully saturated rings. The number of nitrogens with one attached hydrogen (secondary N) is 1. The Balaban J connectivity index is 2.82. The number of benzene rings is 1. The van der Waals surface area contributed by atoms with E-state index in [2.05, 4.69) is 10.2 Å². The van der Waals surface area contributed by atoms with Gasteiger partial charge in [0.25, 0.3) is 0 Å². The number of hydrogen-bond donors (Lipinski definition) is 2. The Bertz CT molecular complexity index is 486. The van der Waals surface area contributed by atoms with E-state index < -0.39 is 23.3 Å². The lowest BCUT2D eigenvalue weighted by Crippen LogP contribution is -2.28. The maximum atomic E-state index is 12.7. The molecular formula is C14H19F3N2O2. The molecule has 1 aromatic rings. The van der Waals surface area contributed by atoms with Crippen LogP contribution < -0.4 is 5.32 Å². The van der Waals surface area contributed by atoms with Crippen LogP contribution in [0.1, 0.15) is 29.8 Å². The Morgan fingerprint density at radius 3 is 2.38 bits per heavy atom. The SMILES string of the molecule is CCN(CC)CCNc1ccc(C(F)(F)F)c(C(=O)O)c1. The number of anilines is 1. The second-order valence-corrected chi connectivity index (χ2v) is 4.52. The third kappa shape index (κ3) is 4.93. The minimum atomic E-state index is -4.67. The predicted octanol–water partition coefficient (Wildman–Crippen LogP) is 3.16. The quantitative estimate of drug-likeness (QED) is 0.812. The lowest BCUT2D eigenvalue weighted by atomic mass is 10.1. The number of halogens is 3. The Kier molecular flexibility index (Phi) is 6.02. The van der Waals surface area contributed by atoms with Crippen LogP contribution >= 0.6 is 0 Å². The fraction of sp³-hybridized carbons (Fsp3) is 0.500. The number of carbonyl (C=O) groups is 1. The normalized spacial score (nSPS) is 11.7. The van der Waals surface area contributed by atoms with Crippen molar-refractivity contribution < 1.29 is 23.1 Å². The summed E-state index contributed by atoms with van der Waals surface area (Å²) in [5, 5.41) is 11.9. The number of hydrogen-bond acceptors (Lipinski definition) is 3. The standard InChI is InChI=1S/C14H19F3N2O2/c1-3-19(4-2)8-7-18-10-5-6-12(14(15,16)17)11(9-10)13(20)21/h5-6,9,18H,3-4,7-8H2,1-2H3,(H,20,21). The van der Waals surface area contributed by atoms with Gasteiger partial charge in [0.15, 0.2) is 0 Å². The molecule has 1 rings (SSSR count). The van der Waals surface area contributed by atoms with Gasteiger partial charge < -0.3 is 15.3 Å². The highest BCUT2D eigenvalue weighted by atomic mass is 19.4. The molecule has 0 bridgehead atoms. The Labute approximate surface area is 121 Å². The van der Waals surface area contributed by atoms with Crippen LogP contribution in [0.15, 0.2) is 18.2 Å². The lowest BCUT2D eigenvalue weighted by Gasteiger charge is -2.19. The Morgan fingerprint density at radius 1 is 1.29 bits per heavy atom. The Morgan fingerprint density at radius 2 is 1.90 bits per heavy atom. The van der Waals surface area contributed by atoms with Crippen LogP contribution in [0.25, 0.3) is 0 Å². The van der Waals surface area contributed by atoms with Gasteiger partial charge in [0.2, 0.25) is 0 Å². The first kappa shape index (κ1) is 17.3. The van der Waals surface area contributed by atoms with Gasteiger partial charge in [-0.2, -0.15) is 13.2 Å². The highest BCUT2D eigenvalue weighted by Crippen LogP contribution is 2.33. The van der Waals surface area contributed by atoms with Gasteiger partial charge in [-0.1, -0.05) is 13.8 Å². The van der Waals surface area contributed by atoms with E-state index in [1.807, 2.05) is 13.8 Å². The molecule has 0 amide bonds. The van der Waals surface area contributed by atoms with Crippen molar-refractivity contribution in [2.75, 3.05) is 31.5 Å². The molecule has 118 valence electrons. The summed E-state index contributed by atoms with van der Waals surface area (Å²) < 4.78 is 38.1. The second kappa shape index (κ2) is 7.31. The largest absolute Gasteiger partial charge is 0.478 e. The number of alkyl halides is 3. The van der Waals surface area contributed by atoms with Gasteiger partial charge >= 0.3 is 12.1 Å². The van der Waals surface area contributed by atoms with Gasteiger partial charge in [0.05, 0.1) is 11.1 Å². The van der Waals surface area contributed by atoms with Gasteiger partial charge in [0.1, 0.15) is 0 Å². The van der Waals surface area contributed by atoms with Crippen LogP contribution in [0, 0.1) is 0 Å². The summed E-state index contributed by atoms with van der Waals surface area (Å²) in [6.45, 7) is 7.06. The molecule has 0 aliphatic heterocycles. The van der Waals surface area contributed by atoms with Crippen LogP contribution in [0.5, 0.6) is 0 Å². The minimum absolute atomic E-state index is 0.368. The Hall–Kier alpha value is -1.76. The van der Waals surface area contributed by atoms with Crippen LogP contribution in [0.3, 0.4) is 0 Å². The van der Waals surface area contributed by atoms with E-state index in [9.17, 15) is 18.0 Å². The van der Waals surface area contributed by atoms with E-state index in [0.717, 1.165) is 31.8 Å². The van der Waals surface area contributed by atoms with Crippen LogP contribution in [-0.4, -0.2) is 42.2 Å². The molecule has 0 aromatic heterocycles. The summed E-state index contributed by atoms with van der Waals surface area (Å²) in [5.41, 5.74) is -1.51. The van der Waals surface area contributed by atoms with Crippen molar-refractivity contribution in [3.05, 3.63) is 29.3 Å². The van der Waals surface area contributed by atoms with Crippen molar-refractivity contribution in [1.29, 1.82) is 0 Å². The lowest BCUT2D eigenvalue weighted by molar-refractivity contribution is -0.138. The first-order chi connectivity index (χ1) is 9.79. The summed E-state index contributed by atoms with van der Waals surface area (Å²) in [6.07, 6.45) is -4.67. The maximum Gasteiger partial charge on any atom is 0.417 e. The molecular weight excluding hydrogens is 285 g/mol. The van der Waals surface area contributed by atoms with E-state index in [1.54, 1.807) is 0 Å². The van der Waals surface area contributed by atoms with Gasteiger partial charge in [-0.25, -0.2) is 4.79 Å². The topological polar surface area (TPSA) is 52.6 Å². The highest BCUT2D eigenvalue weighted by Gasteiger charge is 2.35. The fourth-order valence-corrected chi connectivity index (χ4v) is 1.98. The van der Waals surface area contributed by atoms with E-state index in [-0.39, 0.29) is 0 Å². The number of carboxylic acids is 1. The second-order valence-electron chi connectivity index (χ2n) is 4.52. The van der Waals surface area contributed by atoms with E-state index >= 15 is 0 Å². The molecule has 0 atom stereocenters. The molecule has 0 heterocycles. The van der Waals surface area contributed by atoms with E-state index in [1.165, 1.54) is 6.07 Å². The average Bonchev–Trinajstić information content (AvgIpc) is 2.42. The number of nitrogens with zero attached hydrogens (tertiary/aromatic N) is 1. The summed E-state index contributed by atoms with van der Waals surface area (Å²) in [6, 6.07) is 3.06. The van der Waals surface area contributed by atoms with Gasteiger partial charge in [-0.05, 0) is 31.3 Å². The average molecular weight is 304 g/mol. The first-order valence-corrected chi connectivity index (χ1v) is 6.70. The molecule has 0 unspecified atom stereocenters. The monoisotopic (exact) mass is 304 g/mol. The summed E-state index contributed by atoms with van der Waals surface area (Å²) >= 11 is 0. The zero-order valence-corrected chi connectivity index (χ0v) is 12.0. The van der Waals surface area contributed by atoms with Crippen LogP contribution in [0.4, 0.5) is 18.9 Å². The zero-order chi connectivity index (χ0) is 16.0. The smallest absolute Gasteiger partial charge is 0.417 e. The van der Waals surface area contributed by atoms with Crippen molar-refractivity contribution in [3.8, 4) is 0 Å². The van der Waals surface area contributed by atoms with Gasteiger partial charge in [0, 0.05) is 18.8 Å². The van der Waals surface area contributed by atoms with Gasteiger partial charge in [-0.15, -0.1) is 0 Å². The third-order valence-corrected chi connectivity index (χ3v) is 3.21. The molecule has 0 spiro atoms. The first-order valence-electron chi connectivity index (χ1n) is 6.70. The predicted molar refractivity (Wildman–Crippen MR) is 74.7 cm³/mol. The summed E-state index contributed by atoms with van der Waals surface area (Å²) in [7, 11) is 0. The van der Waals surface area contributed by atoms with Gasteiger partial charge in [-0.3, -0.25) is 0 Å². The van der Waals surface area contributed by atoms with Crippen LogP contribution in [-0.2, 0) is 6.18 Å². The van der Waals surface area contributed by atoms with Crippen molar-refractivity contribution in [1.82, 2.24) is 4.90 Å². The molecule has 2 N–H and O–H groups in total. The fourth-order valence-electron chi connectivity index (χ4n) is 1.98. The minimum Gasteiger partial charge on any atom is -0.478 e. The number of aromatic carboxylic acids is 1. The van der Waals surface area contributed by atoms with Crippen LogP contribution in [0.2, 0.25) is 0 Å². The number of likely N-dealkylation sites (N-methyl/N-ethyl adjacent to an activating group) is 1. The zero-order valence-electron chi connectivity index (χ0n) is 12.0. The van der Waals surface area contributed by atoms with Crippen molar-refractivity contribution in [2.45, 2.75) is 20.0 Å². The molecule has 7 heteroatoms. The molecule has 0 saturated heterocycles. The summed E-state index contributed by atoms with van der Waals surface area (Å²) in [5.74, 6) is -1.59. The summed E-state index contributed by atoms with van der Waals surface area (Å²) in [4.78, 5) is 13.1. The van der Waals surface area contributed by atoms with Crippen molar-refractivity contribution in [3.63, 3.8) is 0 Å². The van der Waals surface area contributed by atoms with Crippen molar-refractivity contribution >= 4 is 11.7 Å². The molecule has 4 nitrogen and oxygen atoms in total. The third-order valence-electron chi connectivity index (χ3n) is 3.21. The maximum absolute atomic E-state index is 12.7. The number of carboxylic acid groups (broad SMARTS) is 1. The molecule has 0 aliphatic rings. The highest BCUT2D eigenvalue weighted by molar-refractivity contribution is 5.91. The molecule has 0 radical (unpaired) electrons. The molecule has 1 aromatic carbocycles. The molecule has 0 saturated carbocycles. The van der Waals surface area contributed by atoms with E-state index in [0.29, 0.717) is 12.2 Å². The molecule has 21 heavy (non-hydrogen) atoms. The van der Waals surface area contributed by atoms with Crippen molar-refractivity contribution in [2.24, 2.45) is 0 Å². The molecule has 0 aliphatic carbocycles.